The van der Waals surface area contributed by atoms with Crippen molar-refractivity contribution < 1.29 is 4.74 Å². The first-order valence-corrected chi connectivity index (χ1v) is 7.57. The Balaban J connectivity index is 2.32. The van der Waals surface area contributed by atoms with Gasteiger partial charge in [0.1, 0.15) is 5.75 Å². The van der Waals surface area contributed by atoms with E-state index in [9.17, 15) is 0 Å². The Labute approximate surface area is 122 Å². The highest BCUT2D eigenvalue weighted by Gasteiger charge is 2.10. The molecule has 1 atom stereocenters. The van der Waals surface area contributed by atoms with Crippen molar-refractivity contribution in [3.05, 3.63) is 42.0 Å². The van der Waals surface area contributed by atoms with E-state index < -0.39 is 0 Å². The molecule has 108 valence electrons. The number of likely N-dealkylation sites (N-methyl/N-ethyl adjacent to an activating group) is 1. The predicted molar refractivity (Wildman–Crippen MR) is 86.6 cm³/mol. The summed E-state index contributed by atoms with van der Waals surface area (Å²) < 4.78 is 5.36. The summed E-state index contributed by atoms with van der Waals surface area (Å²) >= 11 is 0. The molecule has 0 fully saturated rings. The van der Waals surface area contributed by atoms with Crippen LogP contribution in [0.15, 0.2) is 36.4 Å². The second kappa shape index (κ2) is 7.30. The summed E-state index contributed by atoms with van der Waals surface area (Å²) in [5, 5.41) is 6.19. The van der Waals surface area contributed by atoms with Crippen molar-refractivity contribution in [3.63, 3.8) is 0 Å². The zero-order valence-electron chi connectivity index (χ0n) is 12.8. The lowest BCUT2D eigenvalue weighted by Crippen LogP contribution is -2.30. The van der Waals surface area contributed by atoms with Crippen LogP contribution in [0.1, 0.15) is 32.3 Å². The Morgan fingerprint density at radius 3 is 2.70 bits per heavy atom. The fourth-order valence-corrected chi connectivity index (χ4v) is 2.80. The summed E-state index contributed by atoms with van der Waals surface area (Å²) in [4.78, 5) is 0. The monoisotopic (exact) mass is 271 g/mol. The first-order chi connectivity index (χ1) is 9.78. The highest BCUT2D eigenvalue weighted by molar-refractivity contribution is 5.87. The van der Waals surface area contributed by atoms with Gasteiger partial charge in [-0.1, -0.05) is 44.5 Å². The van der Waals surface area contributed by atoms with Crippen molar-refractivity contribution in [2.45, 2.75) is 39.2 Å². The molecule has 0 aliphatic heterocycles. The third-order valence-corrected chi connectivity index (χ3v) is 3.78. The topological polar surface area (TPSA) is 21.3 Å². The van der Waals surface area contributed by atoms with Crippen LogP contribution in [0.2, 0.25) is 0 Å². The van der Waals surface area contributed by atoms with Crippen LogP contribution < -0.4 is 10.1 Å². The average Bonchev–Trinajstić information content (AvgIpc) is 2.47. The Bertz CT molecular complexity index is 544. The molecule has 0 radical (unpaired) electrons. The van der Waals surface area contributed by atoms with Crippen LogP contribution in [0, 0.1) is 0 Å². The number of benzene rings is 2. The van der Waals surface area contributed by atoms with E-state index in [4.69, 9.17) is 4.74 Å². The van der Waals surface area contributed by atoms with Crippen LogP contribution >= 0.6 is 0 Å². The highest BCUT2D eigenvalue weighted by Crippen LogP contribution is 2.25. The van der Waals surface area contributed by atoms with Gasteiger partial charge in [0.2, 0.25) is 0 Å². The first-order valence-electron chi connectivity index (χ1n) is 7.57. The van der Waals surface area contributed by atoms with Crippen molar-refractivity contribution in [1.29, 1.82) is 0 Å². The van der Waals surface area contributed by atoms with Gasteiger partial charge >= 0.3 is 0 Å². The van der Waals surface area contributed by atoms with E-state index in [0.29, 0.717) is 6.04 Å². The molecule has 1 unspecified atom stereocenters. The number of rotatable bonds is 7. The summed E-state index contributed by atoms with van der Waals surface area (Å²) in [6, 6.07) is 13.4. The van der Waals surface area contributed by atoms with E-state index in [1.165, 1.54) is 29.2 Å². The molecule has 2 aromatic rings. The van der Waals surface area contributed by atoms with E-state index in [1.807, 2.05) is 6.07 Å². The van der Waals surface area contributed by atoms with Crippen molar-refractivity contribution in [2.75, 3.05) is 13.7 Å². The molecule has 0 aliphatic rings. The zero-order chi connectivity index (χ0) is 14.4. The molecule has 0 bridgehead atoms. The smallest absolute Gasteiger partial charge is 0.119 e. The first kappa shape index (κ1) is 14.9. The lowest BCUT2D eigenvalue weighted by atomic mass is 9.96. The molecule has 0 aromatic heterocycles. The molecule has 2 heteroatoms. The fourth-order valence-electron chi connectivity index (χ4n) is 2.80. The van der Waals surface area contributed by atoms with Crippen molar-refractivity contribution in [1.82, 2.24) is 5.32 Å². The normalized spacial score (nSPS) is 12.6. The summed E-state index contributed by atoms with van der Waals surface area (Å²) in [7, 11) is 1.72. The number of hydrogen-bond donors (Lipinski definition) is 1. The maximum atomic E-state index is 5.36. The Morgan fingerprint density at radius 1 is 1.15 bits per heavy atom. The maximum absolute atomic E-state index is 5.36. The lowest BCUT2D eigenvalue weighted by Gasteiger charge is -2.18. The largest absolute Gasteiger partial charge is 0.497 e. The minimum absolute atomic E-state index is 0.557. The Kier molecular flexibility index (Phi) is 5.42. The van der Waals surface area contributed by atoms with Crippen LogP contribution in [0.3, 0.4) is 0 Å². The minimum atomic E-state index is 0.557. The zero-order valence-corrected chi connectivity index (χ0v) is 12.8. The van der Waals surface area contributed by atoms with Gasteiger partial charge < -0.3 is 10.1 Å². The number of hydrogen-bond acceptors (Lipinski definition) is 2. The number of fused-ring (bicyclic) bond motifs is 1. The predicted octanol–water partition coefficient (Wildman–Crippen LogP) is 4.17. The molecule has 2 aromatic carbocycles. The quantitative estimate of drug-likeness (QED) is 0.816. The maximum Gasteiger partial charge on any atom is 0.119 e. The molecule has 0 amide bonds. The molecular weight excluding hydrogens is 246 g/mol. The molecular formula is C18H25NO. The highest BCUT2D eigenvalue weighted by atomic mass is 16.5. The van der Waals surface area contributed by atoms with Gasteiger partial charge in [-0.05, 0) is 47.9 Å². The van der Waals surface area contributed by atoms with Gasteiger partial charge in [-0.2, -0.15) is 0 Å². The number of ether oxygens (including phenoxy) is 1. The molecule has 0 saturated heterocycles. The molecule has 20 heavy (non-hydrogen) atoms. The van der Waals surface area contributed by atoms with Crippen molar-refractivity contribution >= 4 is 10.8 Å². The third-order valence-electron chi connectivity index (χ3n) is 3.78. The van der Waals surface area contributed by atoms with E-state index in [1.54, 1.807) is 7.11 Å². The van der Waals surface area contributed by atoms with Gasteiger partial charge in [0, 0.05) is 6.04 Å². The average molecular weight is 271 g/mol. The van der Waals surface area contributed by atoms with Crippen LogP contribution in [0.4, 0.5) is 0 Å². The van der Waals surface area contributed by atoms with Gasteiger partial charge in [0.15, 0.2) is 0 Å². The molecule has 0 saturated carbocycles. The molecule has 2 nitrogen and oxygen atoms in total. The van der Waals surface area contributed by atoms with Gasteiger partial charge in [-0.3, -0.25) is 0 Å². The second-order valence-electron chi connectivity index (χ2n) is 5.25. The number of methoxy groups -OCH3 is 1. The molecule has 0 heterocycles. The molecule has 2 rings (SSSR count). The minimum Gasteiger partial charge on any atom is -0.497 e. The SMILES string of the molecule is CCCC(Cc1cccc2ccc(OC)cc12)NCC. The van der Waals surface area contributed by atoms with Crippen molar-refractivity contribution in [2.24, 2.45) is 0 Å². The fraction of sp³-hybridized carbons (Fsp3) is 0.444. The van der Waals surface area contributed by atoms with Gasteiger partial charge in [-0.15, -0.1) is 0 Å². The Morgan fingerprint density at radius 2 is 2.00 bits per heavy atom. The van der Waals surface area contributed by atoms with Gasteiger partial charge in [-0.25, -0.2) is 0 Å². The van der Waals surface area contributed by atoms with E-state index >= 15 is 0 Å². The summed E-state index contributed by atoms with van der Waals surface area (Å²) in [6.45, 7) is 5.45. The summed E-state index contributed by atoms with van der Waals surface area (Å²) in [5.74, 6) is 0.931. The van der Waals surface area contributed by atoms with Crippen LogP contribution in [-0.4, -0.2) is 19.7 Å². The van der Waals surface area contributed by atoms with Crippen LogP contribution in [0.25, 0.3) is 10.8 Å². The standard InChI is InChI=1S/C18H25NO/c1-4-7-16(19-5-2)12-15-9-6-8-14-10-11-17(20-3)13-18(14)15/h6,8-11,13,16,19H,4-5,7,12H2,1-3H3. The van der Waals surface area contributed by atoms with Gasteiger partial charge in [0.25, 0.3) is 0 Å². The summed E-state index contributed by atoms with van der Waals surface area (Å²) in [6.07, 6.45) is 3.51. The second-order valence-corrected chi connectivity index (χ2v) is 5.25. The van der Waals surface area contributed by atoms with Crippen LogP contribution in [0.5, 0.6) is 5.75 Å². The van der Waals surface area contributed by atoms with Crippen LogP contribution in [-0.2, 0) is 6.42 Å². The van der Waals surface area contributed by atoms with Crippen molar-refractivity contribution in [3.8, 4) is 5.75 Å². The Hall–Kier alpha value is -1.54. The molecule has 0 spiro atoms. The van der Waals surface area contributed by atoms with Gasteiger partial charge in [0.05, 0.1) is 7.11 Å². The molecule has 1 N–H and O–H groups in total. The third kappa shape index (κ3) is 3.51. The number of nitrogens with one attached hydrogen (secondary N) is 1. The van der Waals surface area contributed by atoms with E-state index in [-0.39, 0.29) is 0 Å². The van der Waals surface area contributed by atoms with E-state index in [2.05, 4.69) is 49.5 Å². The van der Waals surface area contributed by atoms with E-state index in [0.717, 1.165) is 18.7 Å². The summed E-state index contributed by atoms with van der Waals surface area (Å²) in [5.41, 5.74) is 1.40. The molecule has 0 aliphatic carbocycles. The lowest BCUT2D eigenvalue weighted by molar-refractivity contribution is 0.415.